The first-order valence-corrected chi connectivity index (χ1v) is 8.42. The maximum Gasteiger partial charge on any atom is 0.222 e. The molecule has 0 spiro atoms. The van der Waals surface area contributed by atoms with Gasteiger partial charge in [0.05, 0.1) is 21.3 Å². The lowest BCUT2D eigenvalue weighted by molar-refractivity contribution is -0.133. The summed E-state index contributed by atoms with van der Waals surface area (Å²) in [5.41, 5.74) is 1.06. The highest BCUT2D eigenvalue weighted by Crippen LogP contribution is 2.40. The Morgan fingerprint density at radius 3 is 2.21 bits per heavy atom. The number of amides is 1. The van der Waals surface area contributed by atoms with Crippen molar-refractivity contribution >= 4 is 5.91 Å². The standard InChI is InChI=1S/C18H28N2O4/c1-5-6-16(21)20-11-9-19(10-12-20)13-14-7-8-15(22-2)18(24-4)17(14)23-3/h7-8H,5-6,9-13H2,1-4H3. The second-order valence-electron chi connectivity index (χ2n) is 5.90. The van der Waals surface area contributed by atoms with E-state index in [1.807, 2.05) is 24.0 Å². The lowest BCUT2D eigenvalue weighted by Gasteiger charge is -2.35. The minimum absolute atomic E-state index is 0.265. The molecule has 1 aromatic carbocycles. The fraction of sp³-hybridized carbons (Fsp3) is 0.611. The van der Waals surface area contributed by atoms with Gasteiger partial charge in [-0.2, -0.15) is 0 Å². The number of benzene rings is 1. The van der Waals surface area contributed by atoms with E-state index in [1.54, 1.807) is 21.3 Å². The van der Waals surface area contributed by atoms with E-state index < -0.39 is 0 Å². The molecule has 6 heteroatoms. The van der Waals surface area contributed by atoms with Crippen molar-refractivity contribution in [3.8, 4) is 17.2 Å². The molecule has 1 amide bonds. The number of piperazine rings is 1. The fourth-order valence-corrected chi connectivity index (χ4v) is 3.06. The molecule has 2 rings (SSSR count). The Morgan fingerprint density at radius 2 is 1.67 bits per heavy atom. The maximum absolute atomic E-state index is 12.0. The van der Waals surface area contributed by atoms with E-state index in [2.05, 4.69) is 4.90 Å². The Hall–Kier alpha value is -1.95. The van der Waals surface area contributed by atoms with Gasteiger partial charge >= 0.3 is 0 Å². The Balaban J connectivity index is 2.03. The van der Waals surface area contributed by atoms with Crippen LogP contribution in [-0.4, -0.2) is 63.2 Å². The zero-order valence-electron chi connectivity index (χ0n) is 15.1. The van der Waals surface area contributed by atoms with Gasteiger partial charge in [0.1, 0.15) is 0 Å². The van der Waals surface area contributed by atoms with Gasteiger partial charge in [-0.1, -0.05) is 13.0 Å². The van der Waals surface area contributed by atoms with Crippen LogP contribution in [0, 0.1) is 0 Å². The number of ether oxygens (including phenoxy) is 3. The molecule has 0 saturated carbocycles. The molecular formula is C18H28N2O4. The van der Waals surface area contributed by atoms with Crippen LogP contribution in [0.25, 0.3) is 0 Å². The maximum atomic E-state index is 12.0. The van der Waals surface area contributed by atoms with Gasteiger partial charge in [-0.15, -0.1) is 0 Å². The first-order chi connectivity index (χ1) is 11.6. The van der Waals surface area contributed by atoms with Gasteiger partial charge in [0.15, 0.2) is 11.5 Å². The molecule has 24 heavy (non-hydrogen) atoms. The van der Waals surface area contributed by atoms with Gasteiger partial charge in [-0.3, -0.25) is 9.69 Å². The first kappa shape index (κ1) is 18.4. The lowest BCUT2D eigenvalue weighted by atomic mass is 10.1. The summed E-state index contributed by atoms with van der Waals surface area (Å²) in [7, 11) is 4.87. The summed E-state index contributed by atoms with van der Waals surface area (Å²) in [6.07, 6.45) is 1.55. The second-order valence-corrected chi connectivity index (χ2v) is 5.90. The van der Waals surface area contributed by atoms with Crippen LogP contribution in [-0.2, 0) is 11.3 Å². The third kappa shape index (κ3) is 4.12. The highest BCUT2D eigenvalue weighted by atomic mass is 16.5. The van der Waals surface area contributed by atoms with E-state index >= 15 is 0 Å². The van der Waals surface area contributed by atoms with Crippen molar-refractivity contribution in [1.29, 1.82) is 0 Å². The topological polar surface area (TPSA) is 51.2 Å². The number of nitrogens with zero attached hydrogens (tertiary/aromatic N) is 2. The average Bonchev–Trinajstić information content (AvgIpc) is 2.61. The molecule has 134 valence electrons. The molecule has 1 aliphatic heterocycles. The number of hydrogen-bond donors (Lipinski definition) is 0. The quantitative estimate of drug-likeness (QED) is 0.764. The van der Waals surface area contributed by atoms with E-state index in [0.717, 1.165) is 44.7 Å². The van der Waals surface area contributed by atoms with Crippen molar-refractivity contribution in [2.45, 2.75) is 26.3 Å². The molecule has 0 radical (unpaired) electrons. The first-order valence-electron chi connectivity index (χ1n) is 8.42. The highest BCUT2D eigenvalue weighted by Gasteiger charge is 2.23. The van der Waals surface area contributed by atoms with Crippen LogP contribution in [0.2, 0.25) is 0 Å². The largest absolute Gasteiger partial charge is 0.493 e. The highest BCUT2D eigenvalue weighted by molar-refractivity contribution is 5.76. The number of rotatable bonds is 7. The molecule has 6 nitrogen and oxygen atoms in total. The number of hydrogen-bond acceptors (Lipinski definition) is 5. The molecule has 0 N–H and O–H groups in total. The third-order valence-electron chi connectivity index (χ3n) is 4.37. The number of carbonyl (C=O) groups excluding carboxylic acids is 1. The lowest BCUT2D eigenvalue weighted by Crippen LogP contribution is -2.48. The molecule has 1 saturated heterocycles. The van der Waals surface area contributed by atoms with Crippen LogP contribution < -0.4 is 14.2 Å². The van der Waals surface area contributed by atoms with E-state index in [0.29, 0.717) is 23.7 Å². The van der Waals surface area contributed by atoms with E-state index in [1.165, 1.54) is 0 Å². The van der Waals surface area contributed by atoms with Crippen LogP contribution in [0.5, 0.6) is 17.2 Å². The van der Waals surface area contributed by atoms with Crippen LogP contribution in [0.3, 0.4) is 0 Å². The molecule has 1 heterocycles. The molecule has 0 unspecified atom stereocenters. The second kappa shape index (κ2) is 8.78. The predicted octanol–water partition coefficient (Wildman–Crippen LogP) is 2.16. The van der Waals surface area contributed by atoms with Gasteiger partial charge < -0.3 is 19.1 Å². The average molecular weight is 336 g/mol. The summed E-state index contributed by atoms with van der Waals surface area (Å²) in [6, 6.07) is 3.91. The third-order valence-corrected chi connectivity index (χ3v) is 4.37. The zero-order valence-corrected chi connectivity index (χ0v) is 15.1. The Bertz CT molecular complexity index is 554. The van der Waals surface area contributed by atoms with Gasteiger partial charge in [-0.05, 0) is 12.5 Å². The summed E-state index contributed by atoms with van der Waals surface area (Å²) >= 11 is 0. The van der Waals surface area contributed by atoms with Crippen LogP contribution >= 0.6 is 0 Å². The van der Waals surface area contributed by atoms with E-state index in [9.17, 15) is 4.79 Å². The Morgan fingerprint density at radius 1 is 1.00 bits per heavy atom. The summed E-state index contributed by atoms with van der Waals surface area (Å²) in [5, 5.41) is 0. The van der Waals surface area contributed by atoms with Crippen LogP contribution in [0.15, 0.2) is 12.1 Å². The number of carbonyl (C=O) groups is 1. The predicted molar refractivity (Wildman–Crippen MR) is 92.9 cm³/mol. The van der Waals surface area contributed by atoms with Crippen molar-refractivity contribution in [3.63, 3.8) is 0 Å². The van der Waals surface area contributed by atoms with Crippen molar-refractivity contribution in [2.24, 2.45) is 0 Å². The molecule has 0 bridgehead atoms. The molecule has 0 aliphatic carbocycles. The zero-order chi connectivity index (χ0) is 17.5. The molecule has 0 atom stereocenters. The Kier molecular flexibility index (Phi) is 6.73. The van der Waals surface area contributed by atoms with Crippen LogP contribution in [0.1, 0.15) is 25.3 Å². The number of methoxy groups -OCH3 is 3. The van der Waals surface area contributed by atoms with Gasteiger partial charge in [0.2, 0.25) is 11.7 Å². The van der Waals surface area contributed by atoms with E-state index in [-0.39, 0.29) is 5.91 Å². The van der Waals surface area contributed by atoms with Crippen molar-refractivity contribution in [2.75, 3.05) is 47.5 Å². The summed E-state index contributed by atoms with van der Waals surface area (Å²) in [6.45, 7) is 6.11. The van der Waals surface area contributed by atoms with E-state index in [4.69, 9.17) is 14.2 Å². The van der Waals surface area contributed by atoms with Crippen molar-refractivity contribution in [3.05, 3.63) is 17.7 Å². The van der Waals surface area contributed by atoms with Gasteiger partial charge in [-0.25, -0.2) is 0 Å². The van der Waals surface area contributed by atoms with Crippen molar-refractivity contribution < 1.29 is 19.0 Å². The molecule has 1 fully saturated rings. The minimum Gasteiger partial charge on any atom is -0.493 e. The normalized spacial score (nSPS) is 15.2. The molecular weight excluding hydrogens is 308 g/mol. The summed E-state index contributed by atoms with van der Waals surface area (Å²) in [4.78, 5) is 16.3. The van der Waals surface area contributed by atoms with Crippen molar-refractivity contribution in [1.82, 2.24) is 9.80 Å². The van der Waals surface area contributed by atoms with Gasteiger partial charge in [0.25, 0.3) is 0 Å². The monoisotopic (exact) mass is 336 g/mol. The summed E-state index contributed by atoms with van der Waals surface area (Å²) in [5.74, 6) is 2.25. The fourth-order valence-electron chi connectivity index (χ4n) is 3.06. The summed E-state index contributed by atoms with van der Waals surface area (Å²) < 4.78 is 16.3. The van der Waals surface area contributed by atoms with Crippen LogP contribution in [0.4, 0.5) is 0 Å². The Labute approximate surface area is 144 Å². The molecule has 0 aromatic heterocycles. The smallest absolute Gasteiger partial charge is 0.222 e. The minimum atomic E-state index is 0.265. The SMILES string of the molecule is CCCC(=O)N1CCN(Cc2ccc(OC)c(OC)c2OC)CC1. The molecule has 1 aliphatic rings. The molecule has 1 aromatic rings. The van der Waals surface area contributed by atoms with Gasteiger partial charge in [0, 0.05) is 44.7 Å².